The maximum atomic E-state index is 10.0. The minimum absolute atomic E-state index is 0.605. The van der Waals surface area contributed by atoms with E-state index in [1.54, 1.807) is 38.0 Å². The Morgan fingerprint density at radius 3 is 2.44 bits per heavy atom. The van der Waals surface area contributed by atoms with E-state index >= 15 is 0 Å². The molecule has 0 aromatic carbocycles. The van der Waals surface area contributed by atoms with E-state index in [1.807, 2.05) is 0 Å². The summed E-state index contributed by atoms with van der Waals surface area (Å²) in [5, 5.41) is 10.0. The molecule has 0 saturated heterocycles. The number of hydrogen-bond donors (Lipinski definition) is 1. The summed E-state index contributed by atoms with van der Waals surface area (Å²) in [5.41, 5.74) is 1.27. The average molecular weight is 217 g/mol. The fourth-order valence-electron chi connectivity index (χ4n) is 1.34. The van der Waals surface area contributed by atoms with Crippen molar-refractivity contribution in [1.82, 2.24) is 15.0 Å². The second kappa shape index (κ2) is 4.67. The molecular weight excluding hydrogens is 206 g/mol. The molecular formula is C11H11N3O2. The van der Waals surface area contributed by atoms with E-state index in [2.05, 4.69) is 15.0 Å². The Morgan fingerprint density at radius 2 is 1.75 bits per heavy atom. The second-order valence-electron chi connectivity index (χ2n) is 3.23. The number of rotatable bonds is 3. The third-order valence-corrected chi connectivity index (χ3v) is 2.18. The van der Waals surface area contributed by atoms with Crippen molar-refractivity contribution in [1.29, 1.82) is 0 Å². The molecule has 0 saturated carbocycles. The SMILES string of the molecule is COc1cncc(C(O)c2cncnc2)c1. The molecule has 16 heavy (non-hydrogen) atoms. The van der Waals surface area contributed by atoms with E-state index in [0.29, 0.717) is 16.9 Å². The summed E-state index contributed by atoms with van der Waals surface area (Å²) in [6.45, 7) is 0. The molecule has 2 aromatic rings. The first-order chi connectivity index (χ1) is 7.81. The molecule has 0 bridgehead atoms. The predicted octanol–water partition coefficient (Wildman–Crippen LogP) is 0.962. The summed E-state index contributed by atoms with van der Waals surface area (Å²) >= 11 is 0. The fourth-order valence-corrected chi connectivity index (χ4v) is 1.34. The molecule has 0 spiro atoms. The van der Waals surface area contributed by atoms with Crippen LogP contribution in [0.1, 0.15) is 17.2 Å². The topological polar surface area (TPSA) is 68.1 Å². The van der Waals surface area contributed by atoms with Gasteiger partial charge in [0, 0.05) is 29.7 Å². The zero-order valence-electron chi connectivity index (χ0n) is 8.74. The number of methoxy groups -OCH3 is 1. The highest BCUT2D eigenvalue weighted by Crippen LogP contribution is 2.22. The van der Waals surface area contributed by atoms with Crippen LogP contribution in [0, 0.1) is 0 Å². The number of hydrogen-bond acceptors (Lipinski definition) is 5. The second-order valence-corrected chi connectivity index (χ2v) is 3.23. The van der Waals surface area contributed by atoms with E-state index < -0.39 is 6.10 Å². The first kappa shape index (κ1) is 10.5. The van der Waals surface area contributed by atoms with Gasteiger partial charge in [-0.1, -0.05) is 0 Å². The highest BCUT2D eigenvalue weighted by atomic mass is 16.5. The Labute approximate surface area is 92.8 Å². The average Bonchev–Trinajstić information content (AvgIpc) is 2.39. The van der Waals surface area contributed by atoms with Crippen LogP contribution in [-0.4, -0.2) is 27.2 Å². The quantitative estimate of drug-likeness (QED) is 0.829. The van der Waals surface area contributed by atoms with Crippen molar-refractivity contribution in [3.8, 4) is 5.75 Å². The zero-order valence-corrected chi connectivity index (χ0v) is 8.74. The van der Waals surface area contributed by atoms with Gasteiger partial charge in [-0.3, -0.25) is 4.98 Å². The Balaban J connectivity index is 2.30. The lowest BCUT2D eigenvalue weighted by Crippen LogP contribution is -2.01. The van der Waals surface area contributed by atoms with E-state index in [0.717, 1.165) is 0 Å². The van der Waals surface area contributed by atoms with Gasteiger partial charge in [0.2, 0.25) is 0 Å². The summed E-state index contributed by atoms with van der Waals surface area (Å²) < 4.78 is 5.04. The minimum atomic E-state index is -0.788. The van der Waals surface area contributed by atoms with Crippen LogP contribution in [0.4, 0.5) is 0 Å². The highest BCUT2D eigenvalue weighted by Gasteiger charge is 2.11. The molecule has 5 nitrogen and oxygen atoms in total. The van der Waals surface area contributed by atoms with Crippen molar-refractivity contribution < 1.29 is 9.84 Å². The Morgan fingerprint density at radius 1 is 1.06 bits per heavy atom. The van der Waals surface area contributed by atoms with Crippen LogP contribution in [0.15, 0.2) is 37.2 Å². The Hall–Kier alpha value is -2.01. The number of nitrogens with zero attached hydrogens (tertiary/aromatic N) is 3. The van der Waals surface area contributed by atoms with Gasteiger partial charge in [0.25, 0.3) is 0 Å². The van der Waals surface area contributed by atoms with Gasteiger partial charge in [0.05, 0.1) is 13.3 Å². The third kappa shape index (κ3) is 2.14. The predicted molar refractivity (Wildman–Crippen MR) is 56.9 cm³/mol. The summed E-state index contributed by atoms with van der Waals surface area (Å²) in [7, 11) is 1.55. The van der Waals surface area contributed by atoms with E-state index in [-0.39, 0.29) is 0 Å². The fraction of sp³-hybridized carbons (Fsp3) is 0.182. The van der Waals surface area contributed by atoms with Gasteiger partial charge in [-0.2, -0.15) is 0 Å². The zero-order chi connectivity index (χ0) is 11.4. The molecule has 0 radical (unpaired) electrons. The highest BCUT2D eigenvalue weighted by molar-refractivity contribution is 5.30. The number of aliphatic hydroxyl groups is 1. The van der Waals surface area contributed by atoms with Crippen LogP contribution in [0.5, 0.6) is 5.75 Å². The van der Waals surface area contributed by atoms with Gasteiger partial charge < -0.3 is 9.84 Å². The molecule has 2 heterocycles. The van der Waals surface area contributed by atoms with Crippen molar-refractivity contribution in [2.45, 2.75) is 6.10 Å². The van der Waals surface area contributed by atoms with Crippen LogP contribution in [0.25, 0.3) is 0 Å². The summed E-state index contributed by atoms with van der Waals surface area (Å²) in [5.74, 6) is 0.605. The standard InChI is InChI=1S/C11H11N3O2/c1-16-10-2-8(3-12-6-10)11(15)9-4-13-7-14-5-9/h2-7,11,15H,1H3. The molecule has 82 valence electrons. The van der Waals surface area contributed by atoms with Crippen LogP contribution in [-0.2, 0) is 0 Å². The van der Waals surface area contributed by atoms with Crippen LogP contribution < -0.4 is 4.74 Å². The molecule has 0 fully saturated rings. The van der Waals surface area contributed by atoms with Gasteiger partial charge in [-0.05, 0) is 6.07 Å². The van der Waals surface area contributed by atoms with Gasteiger partial charge in [0.1, 0.15) is 18.2 Å². The van der Waals surface area contributed by atoms with Gasteiger partial charge in [-0.15, -0.1) is 0 Å². The summed E-state index contributed by atoms with van der Waals surface area (Å²) in [6.07, 6.45) is 6.93. The molecule has 0 aliphatic heterocycles. The van der Waals surface area contributed by atoms with Crippen molar-refractivity contribution in [2.75, 3.05) is 7.11 Å². The molecule has 2 aromatic heterocycles. The lowest BCUT2D eigenvalue weighted by molar-refractivity contribution is 0.218. The molecule has 1 atom stereocenters. The van der Waals surface area contributed by atoms with Crippen LogP contribution in [0.3, 0.4) is 0 Å². The maximum Gasteiger partial charge on any atom is 0.137 e. The third-order valence-electron chi connectivity index (χ3n) is 2.18. The van der Waals surface area contributed by atoms with Gasteiger partial charge in [0.15, 0.2) is 0 Å². The lowest BCUT2D eigenvalue weighted by atomic mass is 10.1. The lowest BCUT2D eigenvalue weighted by Gasteiger charge is -2.10. The van der Waals surface area contributed by atoms with E-state index in [1.165, 1.54) is 6.33 Å². The van der Waals surface area contributed by atoms with Gasteiger partial charge in [-0.25, -0.2) is 9.97 Å². The molecule has 2 rings (SSSR count). The Kier molecular flexibility index (Phi) is 3.07. The first-order valence-corrected chi connectivity index (χ1v) is 4.73. The summed E-state index contributed by atoms with van der Waals surface area (Å²) in [6, 6.07) is 1.73. The van der Waals surface area contributed by atoms with Crippen molar-refractivity contribution in [3.63, 3.8) is 0 Å². The number of ether oxygens (including phenoxy) is 1. The molecule has 0 aliphatic rings. The van der Waals surface area contributed by atoms with E-state index in [4.69, 9.17) is 4.74 Å². The van der Waals surface area contributed by atoms with Crippen molar-refractivity contribution in [2.24, 2.45) is 0 Å². The molecule has 0 aliphatic carbocycles. The van der Waals surface area contributed by atoms with Crippen LogP contribution >= 0.6 is 0 Å². The molecule has 1 N–H and O–H groups in total. The molecule has 0 amide bonds. The number of pyridine rings is 1. The number of aromatic nitrogens is 3. The molecule has 5 heteroatoms. The maximum absolute atomic E-state index is 10.0. The number of aliphatic hydroxyl groups excluding tert-OH is 1. The van der Waals surface area contributed by atoms with Gasteiger partial charge >= 0.3 is 0 Å². The van der Waals surface area contributed by atoms with E-state index in [9.17, 15) is 5.11 Å². The minimum Gasteiger partial charge on any atom is -0.495 e. The van der Waals surface area contributed by atoms with Crippen LogP contribution in [0.2, 0.25) is 0 Å². The van der Waals surface area contributed by atoms with Crippen molar-refractivity contribution in [3.05, 3.63) is 48.3 Å². The largest absolute Gasteiger partial charge is 0.495 e. The smallest absolute Gasteiger partial charge is 0.137 e. The Bertz CT molecular complexity index is 462. The van der Waals surface area contributed by atoms with Crippen molar-refractivity contribution >= 4 is 0 Å². The molecule has 1 unspecified atom stereocenters. The first-order valence-electron chi connectivity index (χ1n) is 4.73. The summed E-state index contributed by atoms with van der Waals surface area (Å²) in [4.78, 5) is 11.7. The monoisotopic (exact) mass is 217 g/mol. The normalized spacial score (nSPS) is 12.1.